The lowest BCUT2D eigenvalue weighted by Crippen LogP contribution is -2.19. The summed E-state index contributed by atoms with van der Waals surface area (Å²) in [6.07, 6.45) is 3.17. The molecule has 0 spiro atoms. The second-order valence-electron chi connectivity index (χ2n) is 7.68. The molecule has 2 aromatic carbocycles. The molecule has 7 heteroatoms. The molecular weight excluding hydrogens is 490 g/mol. The van der Waals surface area contributed by atoms with Crippen LogP contribution in [0.3, 0.4) is 0 Å². The molecule has 0 aliphatic rings. The smallest absolute Gasteiger partial charge is 0.258 e. The molecule has 5 nitrogen and oxygen atoms in total. The summed E-state index contributed by atoms with van der Waals surface area (Å²) in [5.74, 6) is 0.141. The Morgan fingerprint density at radius 2 is 1.75 bits per heavy atom. The Hall–Kier alpha value is -2.70. The van der Waals surface area contributed by atoms with Crippen molar-refractivity contribution in [3.63, 3.8) is 0 Å². The zero-order chi connectivity index (χ0) is 23.1. The largest absolute Gasteiger partial charge is 0.321 e. The van der Waals surface area contributed by atoms with E-state index in [-0.39, 0.29) is 11.8 Å². The fourth-order valence-corrected chi connectivity index (χ4v) is 3.66. The average Bonchev–Trinajstić information content (AvgIpc) is 2.79. The highest BCUT2D eigenvalue weighted by Crippen LogP contribution is 2.23. The summed E-state index contributed by atoms with van der Waals surface area (Å²) in [6, 6.07) is 16.1. The van der Waals surface area contributed by atoms with E-state index in [4.69, 9.17) is 11.6 Å². The van der Waals surface area contributed by atoms with Gasteiger partial charge in [-0.2, -0.15) is 0 Å². The molecule has 0 fully saturated rings. The van der Waals surface area contributed by atoms with E-state index in [0.29, 0.717) is 33.6 Å². The van der Waals surface area contributed by atoms with Crippen molar-refractivity contribution < 1.29 is 9.59 Å². The highest BCUT2D eigenvalue weighted by atomic mass is 79.9. The summed E-state index contributed by atoms with van der Waals surface area (Å²) in [6.45, 7) is 4.27. The van der Waals surface area contributed by atoms with E-state index in [9.17, 15) is 9.59 Å². The monoisotopic (exact) mass is 513 g/mol. The van der Waals surface area contributed by atoms with Crippen molar-refractivity contribution in [2.45, 2.75) is 32.6 Å². The number of para-hydroxylation sites is 1. The lowest BCUT2D eigenvalue weighted by molar-refractivity contribution is 0.102. The number of hydrogen-bond donors (Lipinski definition) is 2. The molecule has 3 aromatic rings. The van der Waals surface area contributed by atoms with Gasteiger partial charge in [0.05, 0.1) is 16.3 Å². The van der Waals surface area contributed by atoms with E-state index in [1.54, 1.807) is 36.4 Å². The van der Waals surface area contributed by atoms with Crippen LogP contribution in [0, 0.1) is 0 Å². The third kappa shape index (κ3) is 6.17. The van der Waals surface area contributed by atoms with Crippen molar-refractivity contribution in [3.05, 3.63) is 88.1 Å². The Balaban J connectivity index is 1.84. The SMILES string of the molecule is CC(C)c1ccc(C(=O)Nc2ccccc2C(=O)Nc2ccc(Cl)cn2)c(CCCBr)c1. The second kappa shape index (κ2) is 11.2. The van der Waals surface area contributed by atoms with Gasteiger partial charge in [-0.3, -0.25) is 9.59 Å². The molecule has 0 saturated carbocycles. The minimum atomic E-state index is -0.370. The van der Waals surface area contributed by atoms with E-state index in [1.807, 2.05) is 12.1 Å². The van der Waals surface area contributed by atoms with Crippen molar-refractivity contribution >= 4 is 50.9 Å². The van der Waals surface area contributed by atoms with Gasteiger partial charge >= 0.3 is 0 Å². The number of aromatic nitrogens is 1. The molecule has 0 atom stereocenters. The average molecular weight is 515 g/mol. The van der Waals surface area contributed by atoms with Crippen LogP contribution in [-0.4, -0.2) is 22.1 Å². The Morgan fingerprint density at radius 1 is 1.00 bits per heavy atom. The van der Waals surface area contributed by atoms with Crippen LogP contribution in [0.25, 0.3) is 0 Å². The van der Waals surface area contributed by atoms with Crippen LogP contribution in [0.5, 0.6) is 0 Å². The summed E-state index contributed by atoms with van der Waals surface area (Å²) in [7, 11) is 0. The topological polar surface area (TPSA) is 71.1 Å². The first-order chi connectivity index (χ1) is 15.4. The van der Waals surface area contributed by atoms with Gasteiger partial charge < -0.3 is 10.6 Å². The fourth-order valence-electron chi connectivity index (χ4n) is 3.27. The Bertz CT molecular complexity index is 1100. The van der Waals surface area contributed by atoms with Gasteiger partial charge in [-0.05, 0) is 60.2 Å². The lowest BCUT2D eigenvalue weighted by Gasteiger charge is -2.15. The first-order valence-electron chi connectivity index (χ1n) is 10.4. The minimum Gasteiger partial charge on any atom is -0.321 e. The van der Waals surface area contributed by atoms with Crippen LogP contribution in [0.4, 0.5) is 11.5 Å². The molecule has 0 radical (unpaired) electrons. The second-order valence-corrected chi connectivity index (χ2v) is 8.91. The number of amides is 2. The number of carbonyl (C=O) groups is 2. The molecule has 0 aliphatic heterocycles. The summed E-state index contributed by atoms with van der Waals surface area (Å²) >= 11 is 9.32. The van der Waals surface area contributed by atoms with Crippen molar-refractivity contribution in [1.82, 2.24) is 4.98 Å². The Kier molecular flexibility index (Phi) is 8.42. The predicted molar refractivity (Wildman–Crippen MR) is 134 cm³/mol. The maximum Gasteiger partial charge on any atom is 0.258 e. The number of pyridine rings is 1. The third-order valence-corrected chi connectivity index (χ3v) is 5.79. The highest BCUT2D eigenvalue weighted by Gasteiger charge is 2.17. The van der Waals surface area contributed by atoms with Gasteiger partial charge in [-0.25, -0.2) is 4.98 Å². The van der Waals surface area contributed by atoms with Crippen molar-refractivity contribution in [2.75, 3.05) is 16.0 Å². The number of halogens is 2. The van der Waals surface area contributed by atoms with Crippen LogP contribution >= 0.6 is 27.5 Å². The molecule has 3 rings (SSSR count). The van der Waals surface area contributed by atoms with Gasteiger partial charge in [0.15, 0.2) is 0 Å². The van der Waals surface area contributed by atoms with Crippen molar-refractivity contribution in [2.24, 2.45) is 0 Å². The van der Waals surface area contributed by atoms with Gasteiger partial charge in [0, 0.05) is 17.1 Å². The summed E-state index contributed by atoms with van der Waals surface area (Å²) in [5.41, 5.74) is 3.59. The van der Waals surface area contributed by atoms with Crippen molar-refractivity contribution in [3.8, 4) is 0 Å². The molecule has 2 amide bonds. The van der Waals surface area contributed by atoms with Crippen LogP contribution in [-0.2, 0) is 6.42 Å². The number of alkyl halides is 1. The first-order valence-corrected chi connectivity index (χ1v) is 11.9. The maximum absolute atomic E-state index is 13.2. The summed E-state index contributed by atoms with van der Waals surface area (Å²) in [5, 5.41) is 6.99. The van der Waals surface area contributed by atoms with E-state index in [0.717, 1.165) is 23.7 Å². The van der Waals surface area contributed by atoms with Crippen LogP contribution < -0.4 is 10.6 Å². The number of nitrogens with zero attached hydrogens (tertiary/aromatic N) is 1. The molecule has 0 saturated heterocycles. The van der Waals surface area contributed by atoms with E-state index < -0.39 is 0 Å². The fraction of sp³-hybridized carbons (Fsp3) is 0.240. The quantitative estimate of drug-likeness (QED) is 0.329. The summed E-state index contributed by atoms with van der Waals surface area (Å²) < 4.78 is 0. The molecule has 0 aliphatic carbocycles. The van der Waals surface area contributed by atoms with Gasteiger partial charge in [0.25, 0.3) is 11.8 Å². The van der Waals surface area contributed by atoms with Crippen molar-refractivity contribution in [1.29, 1.82) is 0 Å². The molecular formula is C25H25BrClN3O2. The molecule has 32 heavy (non-hydrogen) atoms. The summed E-state index contributed by atoms with van der Waals surface area (Å²) in [4.78, 5) is 30.1. The maximum atomic E-state index is 13.2. The number of anilines is 2. The highest BCUT2D eigenvalue weighted by molar-refractivity contribution is 9.09. The Morgan fingerprint density at radius 3 is 2.44 bits per heavy atom. The van der Waals surface area contributed by atoms with Gasteiger partial charge in [0.1, 0.15) is 5.82 Å². The van der Waals surface area contributed by atoms with Crippen LogP contribution in [0.15, 0.2) is 60.8 Å². The molecule has 166 valence electrons. The van der Waals surface area contributed by atoms with E-state index in [1.165, 1.54) is 11.8 Å². The van der Waals surface area contributed by atoms with E-state index in [2.05, 4.69) is 51.5 Å². The van der Waals surface area contributed by atoms with Crippen LogP contribution in [0.2, 0.25) is 5.02 Å². The van der Waals surface area contributed by atoms with Gasteiger partial charge in [-0.15, -0.1) is 0 Å². The third-order valence-electron chi connectivity index (χ3n) is 5.01. The number of carbonyl (C=O) groups excluding carboxylic acids is 2. The Labute approximate surface area is 201 Å². The zero-order valence-electron chi connectivity index (χ0n) is 18.0. The molecule has 2 N–H and O–H groups in total. The molecule has 1 heterocycles. The number of aryl methyl sites for hydroxylation is 1. The molecule has 1 aromatic heterocycles. The zero-order valence-corrected chi connectivity index (χ0v) is 20.3. The predicted octanol–water partition coefficient (Wildman–Crippen LogP) is 6.69. The molecule has 0 bridgehead atoms. The molecule has 0 unspecified atom stereocenters. The number of rotatable bonds is 8. The van der Waals surface area contributed by atoms with Gasteiger partial charge in [0.2, 0.25) is 0 Å². The normalized spacial score (nSPS) is 10.8. The number of benzene rings is 2. The number of hydrogen-bond acceptors (Lipinski definition) is 3. The van der Waals surface area contributed by atoms with Gasteiger partial charge in [-0.1, -0.05) is 65.6 Å². The lowest BCUT2D eigenvalue weighted by atomic mass is 9.94. The van der Waals surface area contributed by atoms with Crippen LogP contribution in [0.1, 0.15) is 58.0 Å². The first kappa shape index (κ1) is 24.0. The minimum absolute atomic E-state index is 0.241. The number of nitrogens with one attached hydrogen (secondary N) is 2. The standard InChI is InChI=1S/C25H25BrClN3O2/c1-16(2)17-9-11-20(18(14-17)6-5-13-26)24(31)29-22-8-4-3-7-21(22)25(32)30-23-12-10-19(27)15-28-23/h3-4,7-12,14-16H,5-6,13H2,1-2H3,(H,29,31)(H,28,30,32). The van der Waals surface area contributed by atoms with E-state index >= 15 is 0 Å².